The van der Waals surface area contributed by atoms with Crippen molar-refractivity contribution in [1.29, 1.82) is 0 Å². The number of allylic oxidation sites excluding steroid dienone is 1. The summed E-state index contributed by atoms with van der Waals surface area (Å²) in [6.45, 7) is 0. The fourth-order valence-corrected chi connectivity index (χ4v) is 2.17. The third-order valence-electron chi connectivity index (χ3n) is 2.23. The molecule has 0 heterocycles. The van der Waals surface area contributed by atoms with Crippen LogP contribution >= 0.6 is 15.9 Å². The smallest absolute Gasteiger partial charge is 0.169 e. The average Bonchev–Trinajstić information content (AvgIpc) is 2.14. The van der Waals surface area contributed by atoms with Crippen molar-refractivity contribution in [2.45, 2.75) is 12.8 Å². The number of benzene rings is 1. The molecule has 0 atom stereocenters. The van der Waals surface area contributed by atoms with Gasteiger partial charge in [-0.15, -0.1) is 0 Å². The van der Waals surface area contributed by atoms with Gasteiger partial charge in [-0.05, 0) is 30.5 Å². The average molecular weight is 263 g/mol. The van der Waals surface area contributed by atoms with E-state index in [0.717, 1.165) is 6.07 Å². The summed E-state index contributed by atoms with van der Waals surface area (Å²) in [6.07, 6.45) is 2.32. The molecular weight excluding hydrogens is 257 g/mol. The monoisotopic (exact) mass is 262 g/mol. The van der Waals surface area contributed by atoms with E-state index in [1.807, 2.05) is 0 Å². The summed E-state index contributed by atoms with van der Waals surface area (Å²) in [5.74, 6) is -2.80. The van der Waals surface area contributed by atoms with Crippen molar-refractivity contribution in [3.8, 4) is 0 Å². The van der Waals surface area contributed by atoms with Crippen LogP contribution in [0.1, 0.15) is 17.5 Å². The highest BCUT2D eigenvalue weighted by Crippen LogP contribution is 2.35. The minimum absolute atomic E-state index is 0.233. The van der Waals surface area contributed by atoms with E-state index < -0.39 is 17.5 Å². The molecule has 0 N–H and O–H groups in total. The molecule has 4 heteroatoms. The van der Waals surface area contributed by atoms with Gasteiger partial charge in [0, 0.05) is 4.47 Å². The molecule has 1 aromatic rings. The first-order chi connectivity index (χ1) is 6.61. The van der Waals surface area contributed by atoms with Gasteiger partial charge >= 0.3 is 0 Å². The molecule has 0 aromatic heterocycles. The molecule has 0 bridgehead atoms. The van der Waals surface area contributed by atoms with Crippen molar-refractivity contribution in [3.63, 3.8) is 0 Å². The first-order valence-electron chi connectivity index (χ1n) is 4.13. The highest BCUT2D eigenvalue weighted by Gasteiger charge is 2.22. The Morgan fingerprint density at radius 1 is 1.21 bits per heavy atom. The molecule has 1 aliphatic rings. The zero-order valence-corrected chi connectivity index (χ0v) is 8.67. The second kappa shape index (κ2) is 3.42. The third kappa shape index (κ3) is 1.38. The lowest BCUT2D eigenvalue weighted by Gasteiger charge is -2.15. The summed E-state index contributed by atoms with van der Waals surface area (Å²) in [5.41, 5.74) is 0.270. The molecule has 1 aromatic carbocycles. The topological polar surface area (TPSA) is 0 Å². The van der Waals surface area contributed by atoms with Crippen LogP contribution in [-0.4, -0.2) is 0 Å². The maximum Gasteiger partial charge on any atom is 0.169 e. The first-order valence-corrected chi connectivity index (χ1v) is 4.93. The standard InChI is InChI=1S/C10H6BrF3/c11-6-4-8(13)10(14)9-5(6)2-1-3-7(9)12/h3-4H,1-2H2. The van der Waals surface area contributed by atoms with Gasteiger partial charge in [0.05, 0.1) is 5.56 Å². The Balaban J connectivity index is 2.76. The van der Waals surface area contributed by atoms with E-state index in [1.165, 1.54) is 6.08 Å². The van der Waals surface area contributed by atoms with E-state index in [1.54, 1.807) is 0 Å². The lowest BCUT2D eigenvalue weighted by molar-refractivity contribution is 0.499. The summed E-state index contributed by atoms with van der Waals surface area (Å²) in [6, 6.07) is 1.03. The van der Waals surface area contributed by atoms with Crippen LogP contribution in [0.5, 0.6) is 0 Å². The van der Waals surface area contributed by atoms with Crippen molar-refractivity contribution in [2.75, 3.05) is 0 Å². The minimum atomic E-state index is -1.10. The summed E-state index contributed by atoms with van der Waals surface area (Å²) < 4.78 is 39.8. The molecule has 0 amide bonds. The Labute approximate surface area is 87.6 Å². The van der Waals surface area contributed by atoms with E-state index in [0.29, 0.717) is 22.9 Å². The molecule has 74 valence electrons. The van der Waals surface area contributed by atoms with E-state index in [4.69, 9.17) is 0 Å². The van der Waals surface area contributed by atoms with Gasteiger partial charge in [0.15, 0.2) is 11.6 Å². The number of halogens is 4. The zero-order chi connectivity index (χ0) is 10.3. The minimum Gasteiger partial charge on any atom is -0.207 e. The number of hydrogen-bond acceptors (Lipinski definition) is 0. The largest absolute Gasteiger partial charge is 0.207 e. The van der Waals surface area contributed by atoms with Crippen LogP contribution in [0.2, 0.25) is 0 Å². The van der Waals surface area contributed by atoms with Crippen molar-refractivity contribution in [1.82, 2.24) is 0 Å². The van der Waals surface area contributed by atoms with Crippen molar-refractivity contribution >= 4 is 21.8 Å². The van der Waals surface area contributed by atoms with Gasteiger partial charge in [0.25, 0.3) is 0 Å². The lowest BCUT2D eigenvalue weighted by atomic mass is 9.96. The molecule has 0 saturated heterocycles. The summed E-state index contributed by atoms with van der Waals surface area (Å²) in [5, 5.41) is 0. The Bertz CT molecular complexity index is 424. The SMILES string of the molecule is FC1=CCCc2c(Br)cc(F)c(F)c21. The highest BCUT2D eigenvalue weighted by atomic mass is 79.9. The number of hydrogen-bond donors (Lipinski definition) is 0. The van der Waals surface area contributed by atoms with Gasteiger partial charge < -0.3 is 0 Å². The molecular formula is C10H6BrF3. The molecule has 0 unspecified atom stereocenters. The number of rotatable bonds is 0. The van der Waals surface area contributed by atoms with E-state index in [2.05, 4.69) is 15.9 Å². The first kappa shape index (κ1) is 9.77. The number of fused-ring (bicyclic) bond motifs is 1. The van der Waals surface area contributed by atoms with E-state index in [9.17, 15) is 13.2 Å². The fraction of sp³-hybridized carbons (Fsp3) is 0.200. The molecule has 0 nitrogen and oxygen atoms in total. The van der Waals surface area contributed by atoms with Crippen LogP contribution in [-0.2, 0) is 6.42 Å². The van der Waals surface area contributed by atoms with Crippen LogP contribution in [0.4, 0.5) is 13.2 Å². The van der Waals surface area contributed by atoms with Crippen molar-refractivity contribution in [2.24, 2.45) is 0 Å². The predicted octanol–water partition coefficient (Wildman–Crippen LogP) is 3.98. The molecule has 0 spiro atoms. The van der Waals surface area contributed by atoms with Crippen molar-refractivity contribution < 1.29 is 13.2 Å². The van der Waals surface area contributed by atoms with Crippen LogP contribution in [0.3, 0.4) is 0 Å². The lowest BCUT2D eigenvalue weighted by Crippen LogP contribution is -2.04. The van der Waals surface area contributed by atoms with Gasteiger partial charge in [-0.25, -0.2) is 13.2 Å². The second-order valence-electron chi connectivity index (χ2n) is 3.10. The van der Waals surface area contributed by atoms with E-state index in [-0.39, 0.29) is 5.56 Å². The molecule has 1 aliphatic carbocycles. The van der Waals surface area contributed by atoms with Gasteiger partial charge in [0.2, 0.25) is 0 Å². The van der Waals surface area contributed by atoms with Crippen LogP contribution in [0.15, 0.2) is 16.6 Å². The quantitative estimate of drug-likeness (QED) is 0.621. The molecule has 2 rings (SSSR count). The molecule has 0 fully saturated rings. The molecule has 0 radical (unpaired) electrons. The molecule has 0 aliphatic heterocycles. The highest BCUT2D eigenvalue weighted by molar-refractivity contribution is 9.10. The summed E-state index contributed by atoms with van der Waals surface area (Å²) in [7, 11) is 0. The van der Waals surface area contributed by atoms with E-state index >= 15 is 0 Å². The van der Waals surface area contributed by atoms with Crippen LogP contribution < -0.4 is 0 Å². The zero-order valence-electron chi connectivity index (χ0n) is 7.08. The second-order valence-corrected chi connectivity index (χ2v) is 3.95. The molecule has 14 heavy (non-hydrogen) atoms. The summed E-state index contributed by atoms with van der Waals surface area (Å²) >= 11 is 3.09. The predicted molar refractivity (Wildman–Crippen MR) is 51.5 cm³/mol. The maximum atomic E-state index is 13.2. The fourth-order valence-electron chi connectivity index (χ4n) is 1.57. The van der Waals surface area contributed by atoms with Gasteiger partial charge in [-0.1, -0.05) is 15.9 Å². The van der Waals surface area contributed by atoms with Gasteiger partial charge in [-0.2, -0.15) is 0 Å². The summed E-state index contributed by atoms with van der Waals surface area (Å²) in [4.78, 5) is 0. The third-order valence-corrected chi connectivity index (χ3v) is 2.94. The van der Waals surface area contributed by atoms with Crippen molar-refractivity contribution in [3.05, 3.63) is 39.4 Å². The van der Waals surface area contributed by atoms with Gasteiger partial charge in [0.1, 0.15) is 5.83 Å². The Hall–Kier alpha value is -0.770. The Kier molecular flexibility index (Phi) is 2.39. The normalized spacial score (nSPS) is 15.0. The van der Waals surface area contributed by atoms with Crippen LogP contribution in [0.25, 0.3) is 5.83 Å². The van der Waals surface area contributed by atoms with Gasteiger partial charge in [-0.3, -0.25) is 0 Å². The molecule has 0 saturated carbocycles. The Morgan fingerprint density at radius 3 is 2.64 bits per heavy atom. The van der Waals surface area contributed by atoms with Crippen LogP contribution in [0, 0.1) is 11.6 Å². The Morgan fingerprint density at radius 2 is 1.93 bits per heavy atom. The maximum absolute atomic E-state index is 13.2.